The zero-order chi connectivity index (χ0) is 15.6. The number of nitrogens with zero attached hydrogens (tertiary/aromatic N) is 3. The van der Waals surface area contributed by atoms with Crippen LogP contribution in [0.15, 0.2) is 36.5 Å². The summed E-state index contributed by atoms with van der Waals surface area (Å²) < 4.78 is 1.70. The van der Waals surface area contributed by atoms with Crippen molar-refractivity contribution < 1.29 is 4.79 Å². The molecule has 1 fully saturated rings. The quantitative estimate of drug-likeness (QED) is 0.896. The van der Waals surface area contributed by atoms with Crippen LogP contribution in [-0.2, 0) is 4.79 Å². The highest BCUT2D eigenvalue weighted by Gasteiger charge is 2.37. The van der Waals surface area contributed by atoms with E-state index in [-0.39, 0.29) is 24.4 Å². The molecular formula is C16H22ClN5O. The molecule has 0 spiro atoms. The average molecular weight is 336 g/mol. The van der Waals surface area contributed by atoms with Crippen molar-refractivity contribution in [3.63, 3.8) is 0 Å². The number of carbonyl (C=O) groups excluding carboxylic acids is 1. The van der Waals surface area contributed by atoms with Crippen molar-refractivity contribution in [2.75, 3.05) is 0 Å². The topological polar surface area (TPSA) is 85.8 Å². The third kappa shape index (κ3) is 3.71. The van der Waals surface area contributed by atoms with Crippen LogP contribution >= 0.6 is 12.4 Å². The fourth-order valence-electron chi connectivity index (χ4n) is 2.83. The van der Waals surface area contributed by atoms with Crippen LogP contribution in [0.25, 0.3) is 5.69 Å². The van der Waals surface area contributed by atoms with Crippen molar-refractivity contribution in [3.8, 4) is 5.69 Å². The molecule has 0 radical (unpaired) electrons. The number of nitrogens with two attached hydrogens (primary N) is 1. The second-order valence-electron chi connectivity index (χ2n) is 5.98. The third-order valence-electron chi connectivity index (χ3n) is 4.27. The zero-order valence-corrected chi connectivity index (χ0v) is 13.9. The van der Waals surface area contributed by atoms with Crippen molar-refractivity contribution in [3.05, 3.63) is 42.2 Å². The summed E-state index contributed by atoms with van der Waals surface area (Å²) in [5, 5.41) is 11.2. The second-order valence-corrected chi connectivity index (χ2v) is 5.98. The lowest BCUT2D eigenvalue weighted by molar-refractivity contribution is -0.126. The van der Waals surface area contributed by atoms with Gasteiger partial charge in [-0.1, -0.05) is 36.3 Å². The monoisotopic (exact) mass is 335 g/mol. The number of nitrogens with one attached hydrogen (secondary N) is 1. The Morgan fingerprint density at radius 2 is 1.96 bits per heavy atom. The lowest BCUT2D eigenvalue weighted by Crippen LogP contribution is -2.52. The van der Waals surface area contributed by atoms with Crippen LogP contribution in [0.2, 0.25) is 0 Å². The van der Waals surface area contributed by atoms with Crippen molar-refractivity contribution in [2.24, 2.45) is 5.73 Å². The number of hydrogen-bond donors (Lipinski definition) is 2. The molecule has 1 atom stereocenters. The number of rotatable bonds is 4. The SMILES string of the molecule is CC(NC(=O)C1(N)CCCC1)c1cn(-c2ccccc2)nn1.Cl. The Morgan fingerprint density at radius 1 is 1.30 bits per heavy atom. The number of halogens is 1. The summed E-state index contributed by atoms with van der Waals surface area (Å²) in [6.45, 7) is 1.90. The molecule has 1 aromatic heterocycles. The number of aromatic nitrogens is 3. The highest BCUT2D eigenvalue weighted by Crippen LogP contribution is 2.28. The molecule has 0 saturated heterocycles. The molecular weight excluding hydrogens is 314 g/mol. The van der Waals surface area contributed by atoms with Gasteiger partial charge < -0.3 is 11.1 Å². The van der Waals surface area contributed by atoms with Gasteiger partial charge in [0.05, 0.1) is 23.5 Å². The molecule has 3 N–H and O–H groups in total. The second kappa shape index (κ2) is 7.10. The minimum Gasteiger partial charge on any atom is -0.346 e. The summed E-state index contributed by atoms with van der Waals surface area (Å²) in [5.41, 5.74) is 7.11. The molecule has 1 amide bonds. The summed E-state index contributed by atoms with van der Waals surface area (Å²) in [6.07, 6.45) is 5.37. The Morgan fingerprint density at radius 3 is 2.61 bits per heavy atom. The standard InChI is InChI=1S/C16H21N5O.ClH/c1-12(18-15(22)16(17)9-5-6-10-16)14-11-21(20-19-14)13-7-3-2-4-8-13;/h2-4,7-8,11-12H,5-6,9-10,17H2,1H3,(H,18,22);1H. The molecule has 0 bridgehead atoms. The van der Waals surface area contributed by atoms with Gasteiger partial charge in [-0.2, -0.15) is 0 Å². The maximum absolute atomic E-state index is 12.3. The van der Waals surface area contributed by atoms with Crippen LogP contribution in [0.5, 0.6) is 0 Å². The van der Waals surface area contributed by atoms with Gasteiger partial charge in [0.1, 0.15) is 5.69 Å². The molecule has 2 aromatic rings. The molecule has 1 aliphatic rings. The molecule has 0 aliphatic heterocycles. The molecule has 7 heteroatoms. The van der Waals surface area contributed by atoms with Crippen LogP contribution in [-0.4, -0.2) is 26.4 Å². The van der Waals surface area contributed by atoms with E-state index in [1.807, 2.05) is 43.5 Å². The van der Waals surface area contributed by atoms with Gasteiger partial charge in [-0.25, -0.2) is 4.68 Å². The van der Waals surface area contributed by atoms with E-state index >= 15 is 0 Å². The van der Waals surface area contributed by atoms with E-state index in [1.165, 1.54) is 0 Å². The molecule has 1 aromatic carbocycles. The van der Waals surface area contributed by atoms with Gasteiger partial charge in [0, 0.05) is 0 Å². The van der Waals surface area contributed by atoms with Gasteiger partial charge in [0.2, 0.25) is 5.91 Å². The third-order valence-corrected chi connectivity index (χ3v) is 4.27. The fraction of sp³-hybridized carbons (Fsp3) is 0.438. The fourth-order valence-corrected chi connectivity index (χ4v) is 2.83. The van der Waals surface area contributed by atoms with Gasteiger partial charge in [-0.3, -0.25) is 4.79 Å². The molecule has 6 nitrogen and oxygen atoms in total. The van der Waals surface area contributed by atoms with Crippen molar-refractivity contribution in [2.45, 2.75) is 44.2 Å². The molecule has 124 valence electrons. The summed E-state index contributed by atoms with van der Waals surface area (Å²) in [5.74, 6) is -0.0910. The van der Waals surface area contributed by atoms with Gasteiger partial charge in [0.25, 0.3) is 0 Å². The van der Waals surface area contributed by atoms with E-state index in [0.29, 0.717) is 0 Å². The highest BCUT2D eigenvalue weighted by atomic mass is 35.5. The van der Waals surface area contributed by atoms with Crippen LogP contribution in [0.4, 0.5) is 0 Å². The summed E-state index contributed by atoms with van der Waals surface area (Å²) in [4.78, 5) is 12.3. The predicted molar refractivity (Wildman–Crippen MR) is 90.6 cm³/mol. The number of para-hydroxylation sites is 1. The molecule has 1 heterocycles. The minimum absolute atomic E-state index is 0. The summed E-state index contributed by atoms with van der Waals surface area (Å²) in [7, 11) is 0. The maximum Gasteiger partial charge on any atom is 0.240 e. The Hall–Kier alpha value is -1.92. The smallest absolute Gasteiger partial charge is 0.240 e. The molecule has 3 rings (SSSR count). The Labute approximate surface area is 141 Å². The first-order valence-corrected chi connectivity index (χ1v) is 7.66. The highest BCUT2D eigenvalue weighted by molar-refractivity contribution is 5.86. The number of benzene rings is 1. The van der Waals surface area contributed by atoms with Gasteiger partial charge in [-0.05, 0) is 31.9 Å². The number of amides is 1. The molecule has 1 unspecified atom stereocenters. The van der Waals surface area contributed by atoms with Gasteiger partial charge >= 0.3 is 0 Å². The van der Waals surface area contributed by atoms with E-state index < -0.39 is 5.54 Å². The predicted octanol–water partition coefficient (Wildman–Crippen LogP) is 2.14. The first-order chi connectivity index (χ1) is 10.6. The first kappa shape index (κ1) is 17.4. The van der Waals surface area contributed by atoms with Gasteiger partial charge in [0.15, 0.2) is 0 Å². The van der Waals surface area contributed by atoms with Crippen LogP contribution < -0.4 is 11.1 Å². The minimum atomic E-state index is -0.719. The van der Waals surface area contributed by atoms with Gasteiger partial charge in [-0.15, -0.1) is 17.5 Å². The van der Waals surface area contributed by atoms with E-state index in [0.717, 1.165) is 37.1 Å². The average Bonchev–Trinajstić information content (AvgIpc) is 3.18. The van der Waals surface area contributed by atoms with E-state index in [4.69, 9.17) is 5.73 Å². The Balaban J connectivity index is 0.00000192. The Kier molecular flexibility index (Phi) is 5.38. The molecule has 1 saturated carbocycles. The normalized spacial score (nSPS) is 17.3. The van der Waals surface area contributed by atoms with Crippen LogP contribution in [0.1, 0.15) is 44.3 Å². The van der Waals surface area contributed by atoms with Crippen LogP contribution in [0.3, 0.4) is 0 Å². The molecule has 23 heavy (non-hydrogen) atoms. The Bertz CT molecular complexity index is 652. The van der Waals surface area contributed by atoms with E-state index in [9.17, 15) is 4.79 Å². The zero-order valence-electron chi connectivity index (χ0n) is 13.1. The largest absolute Gasteiger partial charge is 0.346 e. The lowest BCUT2D eigenvalue weighted by Gasteiger charge is -2.24. The number of hydrogen-bond acceptors (Lipinski definition) is 4. The van der Waals surface area contributed by atoms with Crippen molar-refractivity contribution in [1.29, 1.82) is 0 Å². The maximum atomic E-state index is 12.3. The van der Waals surface area contributed by atoms with Crippen LogP contribution in [0, 0.1) is 0 Å². The first-order valence-electron chi connectivity index (χ1n) is 7.66. The summed E-state index contributed by atoms with van der Waals surface area (Å²) >= 11 is 0. The molecule has 1 aliphatic carbocycles. The summed E-state index contributed by atoms with van der Waals surface area (Å²) in [6, 6.07) is 9.53. The van der Waals surface area contributed by atoms with Crippen molar-refractivity contribution >= 4 is 18.3 Å². The van der Waals surface area contributed by atoms with Crippen molar-refractivity contribution in [1.82, 2.24) is 20.3 Å². The van der Waals surface area contributed by atoms with E-state index in [2.05, 4.69) is 15.6 Å². The van der Waals surface area contributed by atoms with E-state index in [1.54, 1.807) is 4.68 Å². The lowest BCUT2D eigenvalue weighted by atomic mass is 9.97. The number of carbonyl (C=O) groups is 1.